The van der Waals surface area contributed by atoms with Gasteiger partial charge in [0.15, 0.2) is 0 Å². The van der Waals surface area contributed by atoms with Gasteiger partial charge in [0.1, 0.15) is 6.54 Å². The molecule has 124 valence electrons. The number of anilines is 1. The summed E-state index contributed by atoms with van der Waals surface area (Å²) in [5, 5.41) is 2.83. The lowest BCUT2D eigenvalue weighted by molar-refractivity contribution is -0.143. The molecule has 0 aromatic heterocycles. The highest BCUT2D eigenvalue weighted by molar-refractivity contribution is 6.09. The maximum absolute atomic E-state index is 12.6. The van der Waals surface area contributed by atoms with Crippen LogP contribution in [0.4, 0.5) is 5.69 Å². The Kier molecular flexibility index (Phi) is 3.52. The second kappa shape index (κ2) is 5.58. The van der Waals surface area contributed by atoms with E-state index in [1.165, 1.54) is 0 Å². The molecule has 1 saturated carbocycles. The Balaban J connectivity index is 1.47. The van der Waals surface area contributed by atoms with Gasteiger partial charge in [-0.3, -0.25) is 19.3 Å². The highest BCUT2D eigenvalue weighted by Crippen LogP contribution is 2.52. The van der Waals surface area contributed by atoms with Crippen LogP contribution in [0.5, 0.6) is 0 Å². The lowest BCUT2D eigenvalue weighted by Gasteiger charge is -2.17. The molecule has 2 aliphatic carbocycles. The first-order chi connectivity index (χ1) is 11.6. The van der Waals surface area contributed by atoms with Gasteiger partial charge >= 0.3 is 0 Å². The van der Waals surface area contributed by atoms with Crippen LogP contribution in [0.1, 0.15) is 18.9 Å². The number of hydrogen-bond donors (Lipinski definition) is 1. The molecule has 4 rings (SSSR count). The number of carbonyl (C=O) groups excluding carboxylic acids is 3. The number of amides is 3. The van der Waals surface area contributed by atoms with E-state index in [1.54, 1.807) is 0 Å². The minimum absolute atomic E-state index is 0.172. The number of allylic oxidation sites excluding steroid dienone is 2. The lowest BCUT2D eigenvalue weighted by atomic mass is 9.85. The van der Waals surface area contributed by atoms with Crippen molar-refractivity contribution in [3.8, 4) is 0 Å². The van der Waals surface area contributed by atoms with Gasteiger partial charge in [0.05, 0.1) is 11.8 Å². The summed E-state index contributed by atoms with van der Waals surface area (Å²) < 4.78 is 0. The van der Waals surface area contributed by atoms with Crippen molar-refractivity contribution in [1.82, 2.24) is 4.90 Å². The fourth-order valence-corrected chi connectivity index (χ4v) is 4.40. The fourth-order valence-electron chi connectivity index (χ4n) is 4.40. The molecule has 5 nitrogen and oxygen atoms in total. The highest BCUT2D eigenvalue weighted by atomic mass is 16.2. The van der Waals surface area contributed by atoms with E-state index < -0.39 is 0 Å². The van der Waals surface area contributed by atoms with Gasteiger partial charge in [0.2, 0.25) is 17.7 Å². The van der Waals surface area contributed by atoms with E-state index in [-0.39, 0.29) is 47.9 Å². The molecule has 1 N–H and O–H groups in total. The largest absolute Gasteiger partial charge is 0.324 e. The van der Waals surface area contributed by atoms with Crippen molar-refractivity contribution in [3.05, 3.63) is 42.0 Å². The Hall–Kier alpha value is -2.43. The first kappa shape index (κ1) is 15.1. The van der Waals surface area contributed by atoms with Gasteiger partial charge in [-0.05, 0) is 36.3 Å². The normalized spacial score (nSPS) is 30.1. The average Bonchev–Trinajstić information content (AvgIpc) is 3.25. The molecule has 3 aliphatic rings. The Bertz CT molecular complexity index is 725. The van der Waals surface area contributed by atoms with E-state index in [1.807, 2.05) is 31.2 Å². The first-order valence-electron chi connectivity index (χ1n) is 8.51. The summed E-state index contributed by atoms with van der Waals surface area (Å²) >= 11 is 0. The predicted octanol–water partition coefficient (Wildman–Crippen LogP) is 1.99. The monoisotopic (exact) mass is 324 g/mol. The molecule has 2 bridgehead atoms. The number of fused-ring (bicyclic) bond motifs is 5. The lowest BCUT2D eigenvalue weighted by Crippen LogP contribution is -2.39. The number of nitrogens with zero attached hydrogens (tertiary/aromatic N) is 1. The molecule has 5 heteroatoms. The number of nitrogens with one attached hydrogen (secondary N) is 1. The molecule has 3 amide bonds. The van der Waals surface area contributed by atoms with Crippen molar-refractivity contribution >= 4 is 23.4 Å². The number of aryl methyl sites for hydroxylation is 1. The van der Waals surface area contributed by atoms with E-state index in [4.69, 9.17) is 0 Å². The quantitative estimate of drug-likeness (QED) is 0.680. The van der Waals surface area contributed by atoms with Gasteiger partial charge in [-0.15, -0.1) is 0 Å². The number of benzene rings is 1. The van der Waals surface area contributed by atoms with Gasteiger partial charge in [0.25, 0.3) is 0 Å². The molecule has 1 aromatic carbocycles. The van der Waals surface area contributed by atoms with Crippen LogP contribution in [0.2, 0.25) is 0 Å². The molecular formula is C19H20N2O3. The number of imide groups is 1. The van der Waals surface area contributed by atoms with Gasteiger partial charge < -0.3 is 5.32 Å². The van der Waals surface area contributed by atoms with Crippen molar-refractivity contribution < 1.29 is 14.4 Å². The van der Waals surface area contributed by atoms with Gasteiger partial charge in [-0.2, -0.15) is 0 Å². The van der Waals surface area contributed by atoms with Crippen LogP contribution in [-0.4, -0.2) is 29.2 Å². The minimum atomic E-state index is -0.321. The predicted molar refractivity (Wildman–Crippen MR) is 88.9 cm³/mol. The zero-order valence-electron chi connectivity index (χ0n) is 13.6. The van der Waals surface area contributed by atoms with Crippen molar-refractivity contribution in [2.45, 2.75) is 19.8 Å². The van der Waals surface area contributed by atoms with Crippen LogP contribution in [0.25, 0.3) is 0 Å². The topological polar surface area (TPSA) is 66.5 Å². The fraction of sp³-hybridized carbons (Fsp3) is 0.421. The summed E-state index contributed by atoms with van der Waals surface area (Å²) in [4.78, 5) is 38.7. The maximum atomic E-state index is 12.6. The molecule has 4 unspecified atom stereocenters. The molecule has 0 radical (unpaired) electrons. The minimum Gasteiger partial charge on any atom is -0.324 e. The maximum Gasteiger partial charge on any atom is 0.244 e. The SMILES string of the molecule is CCc1ccccc1NC(=O)CN1C(=O)C2C3C=CC(C3)C2C1=O. The van der Waals surface area contributed by atoms with Crippen molar-refractivity contribution in [3.63, 3.8) is 0 Å². The number of likely N-dealkylation sites (tertiary alicyclic amines) is 1. The standard InChI is InChI=1S/C19H20N2O3/c1-2-11-5-3-4-6-14(11)20-15(22)10-21-18(23)16-12-7-8-13(9-12)17(16)19(21)24/h3-8,12-13,16-17H,2,9-10H2,1H3,(H,20,22). The smallest absolute Gasteiger partial charge is 0.244 e. The summed E-state index contributed by atoms with van der Waals surface area (Å²) in [5.41, 5.74) is 1.77. The van der Waals surface area contributed by atoms with Crippen LogP contribution in [-0.2, 0) is 20.8 Å². The van der Waals surface area contributed by atoms with E-state index in [2.05, 4.69) is 17.5 Å². The number of para-hydroxylation sites is 1. The second-order valence-corrected chi connectivity index (χ2v) is 6.82. The first-order valence-corrected chi connectivity index (χ1v) is 8.51. The summed E-state index contributed by atoms with van der Waals surface area (Å²) in [5.74, 6) is -0.832. The second-order valence-electron chi connectivity index (χ2n) is 6.82. The number of rotatable bonds is 4. The molecule has 24 heavy (non-hydrogen) atoms. The van der Waals surface area contributed by atoms with E-state index in [9.17, 15) is 14.4 Å². The van der Waals surface area contributed by atoms with Gasteiger partial charge in [-0.25, -0.2) is 0 Å². The zero-order chi connectivity index (χ0) is 16.8. The summed E-state index contributed by atoms with van der Waals surface area (Å²) in [6.07, 6.45) is 5.81. The summed E-state index contributed by atoms with van der Waals surface area (Å²) in [6.45, 7) is 1.82. The number of hydrogen-bond acceptors (Lipinski definition) is 3. The van der Waals surface area contributed by atoms with Crippen LogP contribution in [0.3, 0.4) is 0 Å². The van der Waals surface area contributed by atoms with Crippen molar-refractivity contribution in [1.29, 1.82) is 0 Å². The molecule has 4 atom stereocenters. The van der Waals surface area contributed by atoms with E-state index >= 15 is 0 Å². The number of carbonyl (C=O) groups is 3. The van der Waals surface area contributed by atoms with Crippen molar-refractivity contribution in [2.75, 3.05) is 11.9 Å². The molecule has 0 spiro atoms. The third kappa shape index (κ3) is 2.19. The van der Waals surface area contributed by atoms with E-state index in [0.29, 0.717) is 0 Å². The Morgan fingerprint density at radius 3 is 2.38 bits per heavy atom. The average molecular weight is 324 g/mol. The molecule has 1 heterocycles. The van der Waals surface area contributed by atoms with Crippen LogP contribution >= 0.6 is 0 Å². The van der Waals surface area contributed by atoms with Crippen LogP contribution in [0.15, 0.2) is 36.4 Å². The zero-order valence-corrected chi connectivity index (χ0v) is 13.6. The Morgan fingerprint density at radius 2 is 1.75 bits per heavy atom. The summed E-state index contributed by atoms with van der Waals surface area (Å²) in [7, 11) is 0. The van der Waals surface area contributed by atoms with Crippen LogP contribution in [0, 0.1) is 23.7 Å². The van der Waals surface area contributed by atoms with Gasteiger partial charge in [0, 0.05) is 5.69 Å². The van der Waals surface area contributed by atoms with Crippen molar-refractivity contribution in [2.24, 2.45) is 23.7 Å². The van der Waals surface area contributed by atoms with Gasteiger partial charge in [-0.1, -0.05) is 37.3 Å². The molecule has 1 aromatic rings. The Labute approximate surface area is 140 Å². The Morgan fingerprint density at radius 1 is 1.12 bits per heavy atom. The van der Waals surface area contributed by atoms with Crippen LogP contribution < -0.4 is 5.32 Å². The molecular weight excluding hydrogens is 304 g/mol. The third-order valence-corrected chi connectivity index (χ3v) is 5.54. The molecule has 1 aliphatic heterocycles. The molecule has 1 saturated heterocycles. The molecule has 2 fully saturated rings. The van der Waals surface area contributed by atoms with E-state index in [0.717, 1.165) is 29.0 Å². The summed E-state index contributed by atoms with van der Waals surface area (Å²) in [6, 6.07) is 7.57. The highest BCUT2D eigenvalue weighted by Gasteiger charge is 2.59. The third-order valence-electron chi connectivity index (χ3n) is 5.54.